The van der Waals surface area contributed by atoms with Crippen LogP contribution in [-0.2, 0) is 11.2 Å². The first-order chi connectivity index (χ1) is 10.1. The minimum Gasteiger partial charge on any atom is -0.342 e. The van der Waals surface area contributed by atoms with Crippen molar-refractivity contribution in [1.29, 1.82) is 0 Å². The van der Waals surface area contributed by atoms with Gasteiger partial charge in [0, 0.05) is 29.6 Å². The van der Waals surface area contributed by atoms with Gasteiger partial charge in [-0.05, 0) is 36.0 Å². The van der Waals surface area contributed by atoms with Gasteiger partial charge >= 0.3 is 0 Å². The van der Waals surface area contributed by atoms with E-state index in [1.807, 2.05) is 43.0 Å². The molecule has 1 aliphatic heterocycles. The van der Waals surface area contributed by atoms with E-state index in [-0.39, 0.29) is 17.4 Å². The van der Waals surface area contributed by atoms with E-state index in [1.165, 1.54) is 0 Å². The van der Waals surface area contributed by atoms with Crippen molar-refractivity contribution in [2.24, 2.45) is 16.6 Å². The standard InChI is InChI=1S/C18H27ClN2O/c1-17(2,11-13-6-5-7-14(19)10-13)16(22)21-9-8-15(20)18(3,4)12-21/h5-7,10,15H,8-9,11-12,20H2,1-4H3. The summed E-state index contributed by atoms with van der Waals surface area (Å²) in [6, 6.07) is 7.91. The summed E-state index contributed by atoms with van der Waals surface area (Å²) in [5, 5.41) is 0.714. The third-order valence-corrected chi connectivity index (χ3v) is 4.95. The van der Waals surface area contributed by atoms with Crippen LogP contribution in [0.5, 0.6) is 0 Å². The summed E-state index contributed by atoms with van der Waals surface area (Å²) in [7, 11) is 0. The first-order valence-electron chi connectivity index (χ1n) is 7.91. The monoisotopic (exact) mass is 322 g/mol. The predicted molar refractivity (Wildman–Crippen MR) is 91.9 cm³/mol. The normalized spacial score (nSPS) is 21.7. The fourth-order valence-corrected chi connectivity index (χ4v) is 3.42. The van der Waals surface area contributed by atoms with Crippen molar-refractivity contribution in [2.45, 2.75) is 46.6 Å². The van der Waals surface area contributed by atoms with Crippen LogP contribution in [0.25, 0.3) is 0 Å². The average Bonchev–Trinajstić information content (AvgIpc) is 2.40. The van der Waals surface area contributed by atoms with Crippen LogP contribution in [0.3, 0.4) is 0 Å². The summed E-state index contributed by atoms with van der Waals surface area (Å²) in [4.78, 5) is 14.9. The van der Waals surface area contributed by atoms with Crippen LogP contribution in [0.4, 0.5) is 0 Å². The number of hydrogen-bond acceptors (Lipinski definition) is 2. The number of likely N-dealkylation sites (tertiary alicyclic amines) is 1. The van der Waals surface area contributed by atoms with Gasteiger partial charge in [0.15, 0.2) is 0 Å². The molecule has 1 aliphatic rings. The van der Waals surface area contributed by atoms with Crippen LogP contribution in [0.2, 0.25) is 5.02 Å². The number of nitrogens with zero attached hydrogens (tertiary/aromatic N) is 1. The number of rotatable bonds is 3. The minimum atomic E-state index is -0.442. The summed E-state index contributed by atoms with van der Waals surface area (Å²) >= 11 is 6.05. The second-order valence-electron chi connectivity index (χ2n) is 7.80. The lowest BCUT2D eigenvalue weighted by molar-refractivity contribution is -0.143. The summed E-state index contributed by atoms with van der Waals surface area (Å²) in [6.45, 7) is 9.78. The Bertz CT molecular complexity index is 554. The van der Waals surface area contributed by atoms with Crippen LogP contribution >= 0.6 is 11.6 Å². The molecule has 122 valence electrons. The number of hydrogen-bond donors (Lipinski definition) is 1. The fraction of sp³-hybridized carbons (Fsp3) is 0.611. The lowest BCUT2D eigenvalue weighted by Gasteiger charge is -2.45. The van der Waals surface area contributed by atoms with Crippen molar-refractivity contribution >= 4 is 17.5 Å². The molecule has 0 aromatic heterocycles. The maximum Gasteiger partial charge on any atom is 0.228 e. The van der Waals surface area contributed by atoms with Crippen LogP contribution in [0.1, 0.15) is 39.7 Å². The Labute approximate surface area is 138 Å². The molecule has 2 rings (SSSR count). The molecule has 1 amide bonds. The quantitative estimate of drug-likeness (QED) is 0.925. The zero-order chi connectivity index (χ0) is 16.5. The second kappa shape index (κ2) is 6.21. The zero-order valence-corrected chi connectivity index (χ0v) is 14.8. The van der Waals surface area contributed by atoms with Crippen molar-refractivity contribution in [1.82, 2.24) is 4.90 Å². The molecule has 1 unspecified atom stereocenters. The van der Waals surface area contributed by atoms with Crippen LogP contribution in [0.15, 0.2) is 24.3 Å². The molecule has 1 heterocycles. The number of piperidine rings is 1. The largest absolute Gasteiger partial charge is 0.342 e. The Hall–Kier alpha value is -1.06. The molecule has 0 aliphatic carbocycles. The van der Waals surface area contributed by atoms with E-state index >= 15 is 0 Å². The van der Waals surface area contributed by atoms with Gasteiger partial charge in [-0.2, -0.15) is 0 Å². The van der Waals surface area contributed by atoms with Gasteiger partial charge in [-0.1, -0.05) is 51.4 Å². The fourth-order valence-electron chi connectivity index (χ4n) is 3.21. The van der Waals surface area contributed by atoms with Crippen LogP contribution in [-0.4, -0.2) is 29.9 Å². The number of nitrogens with two attached hydrogens (primary N) is 1. The number of amides is 1. The first kappa shape index (κ1) is 17.3. The molecule has 0 saturated carbocycles. The van der Waals surface area contributed by atoms with E-state index in [1.54, 1.807) is 0 Å². The third kappa shape index (κ3) is 3.82. The predicted octanol–water partition coefficient (Wildman–Crippen LogP) is 3.49. The molecule has 1 saturated heterocycles. The number of benzene rings is 1. The summed E-state index contributed by atoms with van der Waals surface area (Å²) in [5.41, 5.74) is 6.80. The highest BCUT2D eigenvalue weighted by Crippen LogP contribution is 2.32. The molecule has 4 heteroatoms. The van der Waals surface area contributed by atoms with Crippen molar-refractivity contribution in [3.8, 4) is 0 Å². The van der Waals surface area contributed by atoms with Crippen molar-refractivity contribution in [3.63, 3.8) is 0 Å². The molecular weight excluding hydrogens is 296 g/mol. The van der Waals surface area contributed by atoms with Gasteiger partial charge in [0.25, 0.3) is 0 Å². The lowest BCUT2D eigenvalue weighted by atomic mass is 9.77. The van der Waals surface area contributed by atoms with Gasteiger partial charge in [-0.3, -0.25) is 4.79 Å². The first-order valence-corrected chi connectivity index (χ1v) is 8.29. The van der Waals surface area contributed by atoms with E-state index < -0.39 is 5.41 Å². The molecule has 1 atom stereocenters. The number of carbonyl (C=O) groups is 1. The number of halogens is 1. The smallest absolute Gasteiger partial charge is 0.228 e. The van der Waals surface area contributed by atoms with E-state index in [0.29, 0.717) is 11.4 Å². The highest BCUT2D eigenvalue weighted by atomic mass is 35.5. The van der Waals surface area contributed by atoms with Crippen molar-refractivity contribution in [2.75, 3.05) is 13.1 Å². The maximum absolute atomic E-state index is 13.0. The van der Waals surface area contributed by atoms with Gasteiger partial charge in [-0.15, -0.1) is 0 Å². The molecule has 22 heavy (non-hydrogen) atoms. The van der Waals surface area contributed by atoms with Crippen LogP contribution in [0, 0.1) is 10.8 Å². The molecular formula is C18H27ClN2O. The molecule has 1 aromatic rings. The van der Waals surface area contributed by atoms with Gasteiger partial charge in [-0.25, -0.2) is 0 Å². The number of carbonyl (C=O) groups excluding carboxylic acids is 1. The Morgan fingerprint density at radius 2 is 2.14 bits per heavy atom. The Balaban J connectivity index is 2.10. The highest BCUT2D eigenvalue weighted by Gasteiger charge is 2.39. The van der Waals surface area contributed by atoms with E-state index in [9.17, 15) is 4.79 Å². The minimum absolute atomic E-state index is 0.0277. The van der Waals surface area contributed by atoms with Crippen LogP contribution < -0.4 is 5.73 Å². The molecule has 0 radical (unpaired) electrons. The van der Waals surface area contributed by atoms with E-state index in [2.05, 4.69) is 13.8 Å². The van der Waals surface area contributed by atoms with E-state index in [0.717, 1.165) is 25.1 Å². The van der Waals surface area contributed by atoms with Gasteiger partial charge in [0.2, 0.25) is 5.91 Å². The molecule has 0 bridgehead atoms. The Morgan fingerprint density at radius 3 is 2.73 bits per heavy atom. The molecule has 0 spiro atoms. The van der Waals surface area contributed by atoms with Crippen molar-refractivity contribution < 1.29 is 4.79 Å². The molecule has 3 nitrogen and oxygen atoms in total. The third-order valence-electron chi connectivity index (χ3n) is 4.71. The zero-order valence-electron chi connectivity index (χ0n) is 14.0. The topological polar surface area (TPSA) is 46.3 Å². The maximum atomic E-state index is 13.0. The molecule has 2 N–H and O–H groups in total. The van der Waals surface area contributed by atoms with Gasteiger partial charge in [0.05, 0.1) is 0 Å². The molecule has 1 fully saturated rings. The van der Waals surface area contributed by atoms with E-state index in [4.69, 9.17) is 17.3 Å². The van der Waals surface area contributed by atoms with Gasteiger partial charge in [0.1, 0.15) is 0 Å². The average molecular weight is 323 g/mol. The van der Waals surface area contributed by atoms with Gasteiger partial charge < -0.3 is 10.6 Å². The summed E-state index contributed by atoms with van der Waals surface area (Å²) in [5.74, 6) is 0.201. The summed E-state index contributed by atoms with van der Waals surface area (Å²) < 4.78 is 0. The lowest BCUT2D eigenvalue weighted by Crippen LogP contribution is -2.56. The molecule has 1 aromatic carbocycles. The Kier molecular flexibility index (Phi) is 4.88. The summed E-state index contributed by atoms with van der Waals surface area (Å²) in [6.07, 6.45) is 1.56. The SMILES string of the molecule is CC(C)(Cc1cccc(Cl)c1)C(=O)N1CCC(N)C(C)(C)C1. The Morgan fingerprint density at radius 1 is 1.45 bits per heavy atom. The second-order valence-corrected chi connectivity index (χ2v) is 8.24. The highest BCUT2D eigenvalue weighted by molar-refractivity contribution is 6.30. The van der Waals surface area contributed by atoms with Crippen molar-refractivity contribution in [3.05, 3.63) is 34.9 Å².